The molecule has 1 aromatic rings. The van der Waals surface area contributed by atoms with E-state index in [1.807, 2.05) is 19.1 Å². The van der Waals surface area contributed by atoms with Crippen molar-refractivity contribution >= 4 is 15.9 Å². The van der Waals surface area contributed by atoms with Crippen molar-refractivity contribution in [3.63, 3.8) is 0 Å². The molecule has 2 heteroatoms. The summed E-state index contributed by atoms with van der Waals surface area (Å²) in [6.07, 6.45) is 1.78. The fourth-order valence-electron chi connectivity index (χ4n) is 1.19. The summed E-state index contributed by atoms with van der Waals surface area (Å²) in [5.41, 5.74) is 1.23. The van der Waals surface area contributed by atoms with Crippen molar-refractivity contribution in [1.82, 2.24) is 0 Å². The second kappa shape index (κ2) is 5.04. The van der Waals surface area contributed by atoms with Gasteiger partial charge in [0.25, 0.3) is 0 Å². The summed E-state index contributed by atoms with van der Waals surface area (Å²) >= 11 is 3.38. The van der Waals surface area contributed by atoms with Crippen LogP contribution in [0.15, 0.2) is 28.7 Å². The molecular weight excluding hydrogens is 226 g/mol. The Bertz CT molecular complexity index is 297. The van der Waals surface area contributed by atoms with Crippen molar-refractivity contribution < 1.29 is 0 Å². The van der Waals surface area contributed by atoms with E-state index in [1.165, 1.54) is 5.56 Å². The van der Waals surface area contributed by atoms with Gasteiger partial charge in [-0.25, -0.2) is 0 Å². The van der Waals surface area contributed by atoms with Crippen molar-refractivity contribution in [3.05, 3.63) is 34.3 Å². The van der Waals surface area contributed by atoms with Gasteiger partial charge in [0, 0.05) is 4.47 Å². The summed E-state index contributed by atoms with van der Waals surface area (Å²) in [6.45, 7) is 2.05. The average Bonchev–Trinajstić information content (AvgIpc) is 2.17. The Morgan fingerprint density at radius 2 is 2.00 bits per heavy atom. The summed E-state index contributed by atoms with van der Waals surface area (Å²) in [5.74, 6) is 0.154. The molecule has 1 atom stereocenters. The highest BCUT2D eigenvalue weighted by Gasteiger charge is 2.04. The van der Waals surface area contributed by atoms with Crippen molar-refractivity contribution in [1.29, 1.82) is 5.26 Å². The molecule has 0 amide bonds. The number of hydrogen-bond acceptors (Lipinski definition) is 1. The number of hydrogen-bond donors (Lipinski definition) is 0. The zero-order valence-corrected chi connectivity index (χ0v) is 9.21. The standard InChI is InChI=1S/C11H12BrN/c1-2-9(8-13)7-10-3-5-11(12)6-4-10/h3-6,9H,2,7H2,1H3. The summed E-state index contributed by atoms with van der Waals surface area (Å²) in [6, 6.07) is 10.4. The third kappa shape index (κ3) is 3.20. The molecule has 1 nitrogen and oxygen atoms in total. The number of rotatable bonds is 3. The summed E-state index contributed by atoms with van der Waals surface area (Å²) in [4.78, 5) is 0. The van der Waals surface area contributed by atoms with Crippen LogP contribution in [0.25, 0.3) is 0 Å². The lowest BCUT2D eigenvalue weighted by Gasteiger charge is -2.05. The molecule has 1 rings (SSSR count). The molecule has 0 aliphatic heterocycles. The van der Waals surface area contributed by atoms with E-state index in [-0.39, 0.29) is 5.92 Å². The number of benzene rings is 1. The van der Waals surface area contributed by atoms with E-state index in [0.717, 1.165) is 17.3 Å². The molecular formula is C11H12BrN. The third-order valence-electron chi connectivity index (χ3n) is 2.07. The lowest BCUT2D eigenvalue weighted by atomic mass is 9.99. The molecule has 0 aromatic heterocycles. The molecule has 68 valence electrons. The fourth-order valence-corrected chi connectivity index (χ4v) is 1.45. The zero-order valence-electron chi connectivity index (χ0n) is 7.63. The molecule has 0 spiro atoms. The van der Waals surface area contributed by atoms with Crippen LogP contribution in [0.2, 0.25) is 0 Å². The van der Waals surface area contributed by atoms with Crippen LogP contribution in [-0.2, 0) is 6.42 Å². The van der Waals surface area contributed by atoms with Crippen LogP contribution in [0.1, 0.15) is 18.9 Å². The van der Waals surface area contributed by atoms with Gasteiger partial charge in [-0.1, -0.05) is 35.0 Å². The van der Waals surface area contributed by atoms with E-state index >= 15 is 0 Å². The van der Waals surface area contributed by atoms with E-state index in [1.54, 1.807) is 0 Å². The summed E-state index contributed by atoms with van der Waals surface area (Å²) in [5, 5.41) is 8.78. The van der Waals surface area contributed by atoms with Gasteiger partial charge in [-0.05, 0) is 30.5 Å². The Labute approximate surface area is 87.5 Å². The second-order valence-electron chi connectivity index (χ2n) is 3.06. The largest absolute Gasteiger partial charge is 0.198 e. The van der Waals surface area contributed by atoms with Crippen molar-refractivity contribution in [2.24, 2.45) is 5.92 Å². The number of nitriles is 1. The predicted octanol–water partition coefficient (Wildman–Crippen LogP) is 3.54. The van der Waals surface area contributed by atoms with Crippen molar-refractivity contribution in [2.45, 2.75) is 19.8 Å². The van der Waals surface area contributed by atoms with Crippen LogP contribution in [-0.4, -0.2) is 0 Å². The molecule has 1 aromatic carbocycles. The van der Waals surface area contributed by atoms with Crippen LogP contribution < -0.4 is 0 Å². The van der Waals surface area contributed by atoms with E-state index in [0.29, 0.717) is 0 Å². The van der Waals surface area contributed by atoms with Crippen LogP contribution in [0.5, 0.6) is 0 Å². The van der Waals surface area contributed by atoms with E-state index < -0.39 is 0 Å². The Kier molecular flexibility index (Phi) is 3.98. The van der Waals surface area contributed by atoms with Crippen molar-refractivity contribution in [3.8, 4) is 6.07 Å². The average molecular weight is 238 g/mol. The van der Waals surface area contributed by atoms with E-state index in [2.05, 4.69) is 34.1 Å². The third-order valence-corrected chi connectivity index (χ3v) is 2.60. The molecule has 0 bridgehead atoms. The number of nitrogens with zero attached hydrogens (tertiary/aromatic N) is 1. The normalized spacial score (nSPS) is 12.1. The maximum atomic E-state index is 8.78. The van der Waals surface area contributed by atoms with E-state index in [9.17, 15) is 0 Å². The zero-order chi connectivity index (χ0) is 9.68. The molecule has 0 aliphatic rings. The number of halogens is 1. The minimum absolute atomic E-state index is 0.154. The van der Waals surface area contributed by atoms with Gasteiger partial charge in [-0.3, -0.25) is 0 Å². The summed E-state index contributed by atoms with van der Waals surface area (Å²) in [7, 11) is 0. The first-order valence-electron chi connectivity index (χ1n) is 4.40. The lowest BCUT2D eigenvalue weighted by molar-refractivity contribution is 0.638. The Hall–Kier alpha value is -0.810. The van der Waals surface area contributed by atoms with Gasteiger partial charge >= 0.3 is 0 Å². The summed E-state index contributed by atoms with van der Waals surface area (Å²) < 4.78 is 1.08. The highest BCUT2D eigenvalue weighted by atomic mass is 79.9. The van der Waals surface area contributed by atoms with Gasteiger partial charge in [0.2, 0.25) is 0 Å². The fraction of sp³-hybridized carbons (Fsp3) is 0.364. The smallest absolute Gasteiger partial charge is 0.0659 e. The highest BCUT2D eigenvalue weighted by molar-refractivity contribution is 9.10. The minimum atomic E-state index is 0.154. The minimum Gasteiger partial charge on any atom is -0.198 e. The maximum absolute atomic E-state index is 8.78. The highest BCUT2D eigenvalue weighted by Crippen LogP contribution is 2.15. The molecule has 0 saturated heterocycles. The van der Waals surface area contributed by atoms with Gasteiger partial charge in [0.05, 0.1) is 12.0 Å². The van der Waals surface area contributed by atoms with Crippen LogP contribution in [0.4, 0.5) is 0 Å². The predicted molar refractivity (Wildman–Crippen MR) is 57.2 cm³/mol. The SMILES string of the molecule is CCC(C#N)Cc1ccc(Br)cc1. The molecule has 1 unspecified atom stereocenters. The van der Waals surface area contributed by atoms with Crippen LogP contribution in [0, 0.1) is 17.2 Å². The first-order valence-corrected chi connectivity index (χ1v) is 5.19. The Morgan fingerprint density at radius 1 is 1.38 bits per heavy atom. The van der Waals surface area contributed by atoms with Crippen LogP contribution >= 0.6 is 15.9 Å². The Morgan fingerprint density at radius 3 is 2.46 bits per heavy atom. The maximum Gasteiger partial charge on any atom is 0.0659 e. The van der Waals surface area contributed by atoms with Crippen molar-refractivity contribution in [2.75, 3.05) is 0 Å². The first kappa shape index (κ1) is 10.3. The quantitative estimate of drug-likeness (QED) is 0.790. The molecule has 0 aliphatic carbocycles. The van der Waals surface area contributed by atoms with Gasteiger partial charge < -0.3 is 0 Å². The first-order chi connectivity index (χ1) is 6.26. The molecule has 13 heavy (non-hydrogen) atoms. The van der Waals surface area contributed by atoms with Crippen LogP contribution in [0.3, 0.4) is 0 Å². The molecule has 0 radical (unpaired) electrons. The monoisotopic (exact) mass is 237 g/mol. The molecule has 0 N–H and O–H groups in total. The van der Waals surface area contributed by atoms with E-state index in [4.69, 9.17) is 5.26 Å². The van der Waals surface area contributed by atoms with Gasteiger partial charge in [-0.15, -0.1) is 0 Å². The molecule has 0 saturated carbocycles. The molecule has 0 heterocycles. The van der Waals surface area contributed by atoms with Gasteiger partial charge in [-0.2, -0.15) is 5.26 Å². The molecule has 0 fully saturated rings. The van der Waals surface area contributed by atoms with Gasteiger partial charge in [0.1, 0.15) is 0 Å². The second-order valence-corrected chi connectivity index (χ2v) is 3.98. The van der Waals surface area contributed by atoms with Gasteiger partial charge in [0.15, 0.2) is 0 Å². The topological polar surface area (TPSA) is 23.8 Å². The lowest BCUT2D eigenvalue weighted by Crippen LogP contribution is -1.99. The Balaban J connectivity index is 2.64.